The first-order valence-corrected chi connectivity index (χ1v) is 9.40. The molecular formula is C22H24N2O3. The maximum atomic E-state index is 12.7. The molecule has 1 aliphatic carbocycles. The van der Waals surface area contributed by atoms with E-state index < -0.39 is 5.60 Å². The number of rotatable bonds is 3. The third kappa shape index (κ3) is 3.29. The van der Waals surface area contributed by atoms with Gasteiger partial charge in [-0.15, -0.1) is 0 Å². The summed E-state index contributed by atoms with van der Waals surface area (Å²) >= 11 is 0. The standard InChI is InChI=1S/C22H24N2O3/c1-13(15-8-7-14-5-4-6-16(14)11-15)23-20(25)17-9-10-19-18(12-17)24-21(26)22(2,3)27-19/h7-13H,4-6H2,1-3H3,(H,23,25)(H,24,26). The van der Waals surface area contributed by atoms with Gasteiger partial charge in [-0.05, 0) is 74.9 Å². The Labute approximate surface area is 159 Å². The molecule has 0 fully saturated rings. The first-order chi connectivity index (χ1) is 12.8. The molecule has 0 bridgehead atoms. The summed E-state index contributed by atoms with van der Waals surface area (Å²) < 4.78 is 5.72. The SMILES string of the molecule is CC(NC(=O)c1ccc2c(c1)NC(=O)C(C)(C)O2)c1ccc2c(c1)CCC2. The number of carbonyl (C=O) groups is 2. The Hall–Kier alpha value is -2.82. The van der Waals surface area contributed by atoms with Crippen LogP contribution in [0.5, 0.6) is 5.75 Å². The van der Waals surface area contributed by atoms with E-state index in [4.69, 9.17) is 4.74 Å². The molecule has 2 N–H and O–H groups in total. The number of carbonyl (C=O) groups excluding carboxylic acids is 2. The molecule has 5 nitrogen and oxygen atoms in total. The van der Waals surface area contributed by atoms with Crippen molar-refractivity contribution in [1.29, 1.82) is 0 Å². The summed E-state index contributed by atoms with van der Waals surface area (Å²) in [5.41, 5.74) is 4.03. The molecule has 2 aromatic rings. The molecule has 2 aliphatic rings. The Morgan fingerprint density at radius 3 is 2.74 bits per heavy atom. The van der Waals surface area contributed by atoms with Crippen LogP contribution in [0.2, 0.25) is 0 Å². The lowest BCUT2D eigenvalue weighted by molar-refractivity contribution is -0.129. The number of nitrogens with one attached hydrogen (secondary N) is 2. The first-order valence-electron chi connectivity index (χ1n) is 9.40. The van der Waals surface area contributed by atoms with Crippen molar-refractivity contribution in [3.63, 3.8) is 0 Å². The minimum absolute atomic E-state index is 0.0933. The molecule has 0 saturated heterocycles. The van der Waals surface area contributed by atoms with E-state index in [2.05, 4.69) is 28.8 Å². The van der Waals surface area contributed by atoms with Gasteiger partial charge in [-0.1, -0.05) is 18.2 Å². The molecule has 0 saturated carbocycles. The van der Waals surface area contributed by atoms with E-state index >= 15 is 0 Å². The van der Waals surface area contributed by atoms with E-state index in [0.717, 1.165) is 18.4 Å². The highest BCUT2D eigenvalue weighted by molar-refractivity contribution is 6.02. The highest BCUT2D eigenvalue weighted by Crippen LogP contribution is 2.34. The zero-order chi connectivity index (χ0) is 19.2. The second kappa shape index (κ2) is 6.41. The van der Waals surface area contributed by atoms with Crippen LogP contribution < -0.4 is 15.4 Å². The minimum Gasteiger partial charge on any atom is -0.476 e. The van der Waals surface area contributed by atoms with E-state index in [1.807, 2.05) is 6.92 Å². The number of hydrogen-bond acceptors (Lipinski definition) is 3. The van der Waals surface area contributed by atoms with E-state index in [-0.39, 0.29) is 17.9 Å². The maximum absolute atomic E-state index is 12.7. The van der Waals surface area contributed by atoms with Gasteiger partial charge in [0.25, 0.3) is 11.8 Å². The Kier molecular flexibility index (Phi) is 4.17. The zero-order valence-electron chi connectivity index (χ0n) is 15.9. The van der Waals surface area contributed by atoms with Gasteiger partial charge in [0.1, 0.15) is 5.75 Å². The van der Waals surface area contributed by atoms with E-state index in [1.54, 1.807) is 32.0 Å². The van der Waals surface area contributed by atoms with Gasteiger partial charge < -0.3 is 15.4 Å². The van der Waals surface area contributed by atoms with Crippen molar-refractivity contribution in [2.75, 3.05) is 5.32 Å². The highest BCUT2D eigenvalue weighted by atomic mass is 16.5. The van der Waals surface area contributed by atoms with Crippen LogP contribution in [-0.4, -0.2) is 17.4 Å². The van der Waals surface area contributed by atoms with Crippen LogP contribution in [0.1, 0.15) is 60.3 Å². The lowest BCUT2D eigenvalue weighted by Gasteiger charge is -2.31. The van der Waals surface area contributed by atoms with Crippen molar-refractivity contribution in [3.8, 4) is 5.75 Å². The number of aryl methyl sites for hydroxylation is 2. The van der Waals surface area contributed by atoms with Crippen molar-refractivity contribution in [1.82, 2.24) is 5.32 Å². The van der Waals surface area contributed by atoms with Crippen LogP contribution in [0.15, 0.2) is 36.4 Å². The van der Waals surface area contributed by atoms with Gasteiger partial charge in [-0.2, -0.15) is 0 Å². The van der Waals surface area contributed by atoms with Crippen LogP contribution in [0, 0.1) is 0 Å². The van der Waals surface area contributed by atoms with Gasteiger partial charge in [0.2, 0.25) is 0 Å². The van der Waals surface area contributed by atoms with Crippen molar-refractivity contribution < 1.29 is 14.3 Å². The zero-order valence-corrected chi connectivity index (χ0v) is 15.9. The van der Waals surface area contributed by atoms with Crippen molar-refractivity contribution in [2.45, 2.75) is 51.7 Å². The van der Waals surface area contributed by atoms with Crippen molar-refractivity contribution >= 4 is 17.5 Å². The predicted molar refractivity (Wildman–Crippen MR) is 104 cm³/mol. The Morgan fingerprint density at radius 2 is 1.93 bits per heavy atom. The quantitative estimate of drug-likeness (QED) is 0.871. The summed E-state index contributed by atoms with van der Waals surface area (Å²) in [6.45, 7) is 5.41. The fourth-order valence-corrected chi connectivity index (χ4v) is 3.68. The number of benzene rings is 2. The molecule has 2 aromatic carbocycles. The van der Waals surface area contributed by atoms with Gasteiger partial charge in [-0.3, -0.25) is 9.59 Å². The van der Waals surface area contributed by atoms with Gasteiger partial charge in [-0.25, -0.2) is 0 Å². The third-order valence-corrected chi connectivity index (χ3v) is 5.37. The third-order valence-electron chi connectivity index (χ3n) is 5.37. The summed E-state index contributed by atoms with van der Waals surface area (Å²) in [5, 5.41) is 5.86. The first kappa shape index (κ1) is 17.6. The average Bonchev–Trinajstić information content (AvgIpc) is 3.09. The smallest absolute Gasteiger partial charge is 0.268 e. The molecule has 0 radical (unpaired) electrons. The summed E-state index contributed by atoms with van der Waals surface area (Å²) in [4.78, 5) is 24.8. The van der Waals surface area contributed by atoms with Crippen LogP contribution in [0.25, 0.3) is 0 Å². The second-order valence-electron chi connectivity index (χ2n) is 7.85. The Balaban J connectivity index is 1.50. The second-order valence-corrected chi connectivity index (χ2v) is 7.85. The lowest BCUT2D eigenvalue weighted by Crippen LogP contribution is -2.45. The maximum Gasteiger partial charge on any atom is 0.268 e. The molecule has 2 amide bonds. The number of fused-ring (bicyclic) bond motifs is 2. The van der Waals surface area contributed by atoms with E-state index in [0.29, 0.717) is 17.0 Å². The molecule has 140 valence electrons. The largest absolute Gasteiger partial charge is 0.476 e. The summed E-state index contributed by atoms with van der Waals surface area (Å²) in [7, 11) is 0. The van der Waals surface area contributed by atoms with Crippen molar-refractivity contribution in [2.24, 2.45) is 0 Å². The predicted octanol–water partition coefficient (Wildman–Crippen LogP) is 3.78. The highest BCUT2D eigenvalue weighted by Gasteiger charge is 2.35. The topological polar surface area (TPSA) is 67.4 Å². The molecule has 1 unspecified atom stereocenters. The Morgan fingerprint density at radius 1 is 1.15 bits per heavy atom. The van der Waals surface area contributed by atoms with Gasteiger partial charge in [0.05, 0.1) is 11.7 Å². The molecule has 4 rings (SSSR count). The molecular weight excluding hydrogens is 340 g/mol. The minimum atomic E-state index is -0.918. The molecule has 0 aromatic heterocycles. The molecule has 1 aliphatic heterocycles. The van der Waals surface area contributed by atoms with Crippen LogP contribution in [0.3, 0.4) is 0 Å². The van der Waals surface area contributed by atoms with E-state index in [1.165, 1.54) is 17.5 Å². The monoisotopic (exact) mass is 364 g/mol. The number of anilines is 1. The number of hydrogen-bond donors (Lipinski definition) is 2. The van der Waals surface area contributed by atoms with Crippen LogP contribution in [-0.2, 0) is 17.6 Å². The molecule has 5 heteroatoms. The van der Waals surface area contributed by atoms with Crippen LogP contribution in [0.4, 0.5) is 5.69 Å². The fraction of sp³-hybridized carbons (Fsp3) is 0.364. The average molecular weight is 364 g/mol. The normalized spacial score (nSPS) is 18.0. The lowest BCUT2D eigenvalue weighted by atomic mass is 10.0. The summed E-state index contributed by atoms with van der Waals surface area (Å²) in [6.07, 6.45) is 3.47. The summed E-state index contributed by atoms with van der Waals surface area (Å²) in [5.74, 6) is 0.173. The summed E-state index contributed by atoms with van der Waals surface area (Å²) in [6, 6.07) is 11.5. The Bertz CT molecular complexity index is 933. The number of amides is 2. The molecule has 27 heavy (non-hydrogen) atoms. The van der Waals surface area contributed by atoms with Gasteiger partial charge >= 0.3 is 0 Å². The molecule has 0 spiro atoms. The van der Waals surface area contributed by atoms with Gasteiger partial charge in [0.15, 0.2) is 5.60 Å². The van der Waals surface area contributed by atoms with E-state index in [9.17, 15) is 9.59 Å². The molecule has 1 heterocycles. The van der Waals surface area contributed by atoms with Crippen molar-refractivity contribution in [3.05, 3.63) is 58.7 Å². The fourth-order valence-electron chi connectivity index (χ4n) is 3.68. The number of ether oxygens (including phenoxy) is 1. The van der Waals surface area contributed by atoms with Crippen LogP contribution >= 0.6 is 0 Å². The molecule has 1 atom stereocenters. The van der Waals surface area contributed by atoms with Gasteiger partial charge in [0, 0.05) is 5.56 Å².